The summed E-state index contributed by atoms with van der Waals surface area (Å²) in [5.41, 5.74) is 3.30. The van der Waals surface area contributed by atoms with Crippen LogP contribution in [-0.4, -0.2) is 10.8 Å². The minimum atomic E-state index is -0.379. The second-order valence-corrected chi connectivity index (χ2v) is 6.35. The van der Waals surface area contributed by atoms with E-state index in [2.05, 4.69) is 4.98 Å². The Bertz CT molecular complexity index is 1110. The summed E-state index contributed by atoms with van der Waals surface area (Å²) < 4.78 is 13.2. The molecular weight excluding hydrogens is 349 g/mol. The fraction of sp³-hybridized carbons (Fsp3) is 0. The molecule has 26 heavy (non-hydrogen) atoms. The van der Waals surface area contributed by atoms with Gasteiger partial charge in [-0.2, -0.15) is 0 Å². The first kappa shape index (κ1) is 16.4. The van der Waals surface area contributed by atoms with Gasteiger partial charge in [-0.05, 0) is 42.0 Å². The molecule has 126 valence electrons. The van der Waals surface area contributed by atoms with Crippen LogP contribution in [0.3, 0.4) is 0 Å². The first-order valence-electron chi connectivity index (χ1n) is 8.07. The topological polar surface area (TPSA) is 30.0 Å². The van der Waals surface area contributed by atoms with Gasteiger partial charge in [0.05, 0.1) is 5.52 Å². The normalized spacial score (nSPS) is 10.8. The molecule has 0 radical (unpaired) electrons. The molecule has 4 heteroatoms. The lowest BCUT2D eigenvalue weighted by Crippen LogP contribution is -2.05. The van der Waals surface area contributed by atoms with E-state index in [1.807, 2.05) is 36.4 Å². The van der Waals surface area contributed by atoms with Gasteiger partial charge in [0.2, 0.25) is 0 Å². The van der Waals surface area contributed by atoms with Crippen molar-refractivity contribution in [1.29, 1.82) is 0 Å². The monoisotopic (exact) mass is 361 g/mol. The van der Waals surface area contributed by atoms with Gasteiger partial charge in [-0.3, -0.25) is 9.78 Å². The van der Waals surface area contributed by atoms with E-state index in [4.69, 9.17) is 11.6 Å². The number of hydrogen-bond donors (Lipinski definition) is 0. The summed E-state index contributed by atoms with van der Waals surface area (Å²) in [5, 5.41) is 1.43. The lowest BCUT2D eigenvalue weighted by atomic mass is 9.92. The predicted octanol–water partition coefficient (Wildman–Crippen LogP) is 5.93. The minimum absolute atomic E-state index is 0.201. The molecule has 0 unspecified atom stereocenters. The lowest BCUT2D eigenvalue weighted by molar-refractivity contribution is 0.103. The zero-order valence-corrected chi connectivity index (χ0v) is 14.4. The van der Waals surface area contributed by atoms with E-state index >= 15 is 0 Å². The highest BCUT2D eigenvalue weighted by molar-refractivity contribution is 6.31. The molecule has 0 saturated carbocycles. The predicted molar refractivity (Wildman–Crippen MR) is 102 cm³/mol. The molecule has 0 aliphatic rings. The third-order valence-corrected chi connectivity index (χ3v) is 4.48. The van der Waals surface area contributed by atoms with Crippen LogP contribution in [-0.2, 0) is 0 Å². The Morgan fingerprint density at radius 2 is 1.65 bits per heavy atom. The van der Waals surface area contributed by atoms with Gasteiger partial charge in [0.15, 0.2) is 5.78 Å². The summed E-state index contributed by atoms with van der Waals surface area (Å²) in [6.45, 7) is 0. The molecular formula is C22H13ClFNO. The summed E-state index contributed by atoms with van der Waals surface area (Å²) in [4.78, 5) is 17.5. The van der Waals surface area contributed by atoms with Gasteiger partial charge in [-0.25, -0.2) is 4.39 Å². The van der Waals surface area contributed by atoms with Gasteiger partial charge >= 0.3 is 0 Å². The smallest absolute Gasteiger partial charge is 0.195 e. The molecule has 1 aromatic heterocycles. The van der Waals surface area contributed by atoms with Crippen molar-refractivity contribution in [3.05, 3.63) is 101 Å². The number of aromatic nitrogens is 1. The third kappa shape index (κ3) is 2.98. The summed E-state index contributed by atoms with van der Waals surface area (Å²) in [6.07, 6.45) is 1.56. The van der Waals surface area contributed by atoms with E-state index in [9.17, 15) is 9.18 Å². The van der Waals surface area contributed by atoms with Crippen molar-refractivity contribution in [3.8, 4) is 11.1 Å². The standard InChI is InChI=1S/C22H13ClFNO/c23-16-8-11-18-20(12-16)25-13-19(21(18)14-4-2-1-3-5-14)22(26)15-6-9-17(24)10-7-15/h1-13H. The Hall–Kier alpha value is -3.04. The molecule has 0 aliphatic heterocycles. The van der Waals surface area contributed by atoms with Gasteiger partial charge in [-0.1, -0.05) is 48.0 Å². The number of fused-ring (bicyclic) bond motifs is 1. The molecule has 3 aromatic carbocycles. The highest BCUT2D eigenvalue weighted by atomic mass is 35.5. The molecule has 0 aliphatic carbocycles. The number of rotatable bonds is 3. The SMILES string of the molecule is O=C(c1ccc(F)cc1)c1cnc2cc(Cl)ccc2c1-c1ccccc1. The van der Waals surface area contributed by atoms with Gasteiger partial charge in [0.25, 0.3) is 0 Å². The number of halogens is 2. The Morgan fingerprint density at radius 1 is 0.923 bits per heavy atom. The van der Waals surface area contributed by atoms with Crippen molar-refractivity contribution in [1.82, 2.24) is 4.98 Å². The Labute approximate surface area is 154 Å². The summed E-state index contributed by atoms with van der Waals surface area (Å²) in [5.74, 6) is -0.579. The molecule has 0 bridgehead atoms. The fourth-order valence-electron chi connectivity index (χ4n) is 3.01. The number of pyridine rings is 1. The van der Waals surface area contributed by atoms with Crippen LogP contribution in [0, 0.1) is 5.82 Å². The van der Waals surface area contributed by atoms with Gasteiger partial charge in [-0.15, -0.1) is 0 Å². The largest absolute Gasteiger partial charge is 0.289 e. The fourth-order valence-corrected chi connectivity index (χ4v) is 3.18. The van der Waals surface area contributed by atoms with Crippen molar-refractivity contribution in [2.24, 2.45) is 0 Å². The summed E-state index contributed by atoms with van der Waals surface area (Å²) >= 11 is 6.09. The average molecular weight is 362 g/mol. The Balaban J connectivity index is 1.98. The molecule has 0 N–H and O–H groups in total. The van der Waals surface area contributed by atoms with Crippen molar-refractivity contribution in [3.63, 3.8) is 0 Å². The first-order valence-corrected chi connectivity index (χ1v) is 8.45. The zero-order chi connectivity index (χ0) is 18.1. The van der Waals surface area contributed by atoms with E-state index in [1.165, 1.54) is 24.3 Å². The molecule has 4 rings (SSSR count). The number of ketones is 1. The molecule has 0 amide bonds. The van der Waals surface area contributed by atoms with E-state index in [0.717, 1.165) is 16.5 Å². The number of carbonyl (C=O) groups is 1. The number of benzene rings is 3. The van der Waals surface area contributed by atoms with Crippen LogP contribution < -0.4 is 0 Å². The maximum atomic E-state index is 13.2. The molecule has 0 saturated heterocycles. The van der Waals surface area contributed by atoms with Crippen LogP contribution in [0.2, 0.25) is 5.02 Å². The van der Waals surface area contributed by atoms with Gasteiger partial charge < -0.3 is 0 Å². The number of carbonyl (C=O) groups excluding carboxylic acids is 1. The second-order valence-electron chi connectivity index (χ2n) is 5.91. The zero-order valence-electron chi connectivity index (χ0n) is 13.6. The first-order chi connectivity index (χ1) is 12.6. The van der Waals surface area contributed by atoms with Crippen LogP contribution in [0.25, 0.3) is 22.0 Å². The van der Waals surface area contributed by atoms with Crippen LogP contribution in [0.5, 0.6) is 0 Å². The van der Waals surface area contributed by atoms with E-state index in [1.54, 1.807) is 18.3 Å². The van der Waals surface area contributed by atoms with Crippen molar-refractivity contribution in [2.75, 3.05) is 0 Å². The van der Waals surface area contributed by atoms with Crippen molar-refractivity contribution >= 4 is 28.3 Å². The maximum Gasteiger partial charge on any atom is 0.195 e. The third-order valence-electron chi connectivity index (χ3n) is 4.24. The van der Waals surface area contributed by atoms with Gasteiger partial charge in [0, 0.05) is 33.3 Å². The quantitative estimate of drug-likeness (QED) is 0.423. The molecule has 0 spiro atoms. The van der Waals surface area contributed by atoms with E-state index < -0.39 is 0 Å². The highest BCUT2D eigenvalue weighted by Crippen LogP contribution is 2.33. The molecule has 0 fully saturated rings. The second kappa shape index (κ2) is 6.70. The van der Waals surface area contributed by atoms with Crippen molar-refractivity contribution in [2.45, 2.75) is 0 Å². The number of hydrogen-bond acceptors (Lipinski definition) is 2. The molecule has 2 nitrogen and oxygen atoms in total. The Kier molecular flexibility index (Phi) is 4.23. The average Bonchev–Trinajstić information content (AvgIpc) is 2.67. The van der Waals surface area contributed by atoms with Crippen LogP contribution in [0.1, 0.15) is 15.9 Å². The highest BCUT2D eigenvalue weighted by Gasteiger charge is 2.18. The van der Waals surface area contributed by atoms with E-state index in [-0.39, 0.29) is 11.6 Å². The Morgan fingerprint density at radius 3 is 2.38 bits per heavy atom. The van der Waals surface area contributed by atoms with Crippen LogP contribution >= 0.6 is 11.6 Å². The van der Waals surface area contributed by atoms with Gasteiger partial charge in [0.1, 0.15) is 5.82 Å². The minimum Gasteiger partial charge on any atom is -0.289 e. The van der Waals surface area contributed by atoms with Crippen LogP contribution in [0.4, 0.5) is 4.39 Å². The molecule has 4 aromatic rings. The lowest BCUT2D eigenvalue weighted by Gasteiger charge is -2.13. The van der Waals surface area contributed by atoms with Crippen molar-refractivity contribution < 1.29 is 9.18 Å². The molecule has 1 heterocycles. The summed E-state index contributed by atoms with van der Waals surface area (Å²) in [7, 11) is 0. The molecule has 0 atom stereocenters. The van der Waals surface area contributed by atoms with E-state index in [0.29, 0.717) is 21.7 Å². The van der Waals surface area contributed by atoms with Crippen LogP contribution in [0.15, 0.2) is 79.0 Å². The summed E-state index contributed by atoms with van der Waals surface area (Å²) in [6, 6.07) is 20.6. The number of nitrogens with zero attached hydrogens (tertiary/aromatic N) is 1. The maximum absolute atomic E-state index is 13.2.